The topological polar surface area (TPSA) is 55.8 Å². The third-order valence-corrected chi connectivity index (χ3v) is 5.79. The molecule has 0 radical (unpaired) electrons. The van der Waals surface area contributed by atoms with Crippen LogP contribution in [0.2, 0.25) is 0 Å². The van der Waals surface area contributed by atoms with Crippen molar-refractivity contribution in [3.63, 3.8) is 0 Å². The molecular formula is C14H19NO4S. The molecule has 6 heteroatoms. The lowest BCUT2D eigenvalue weighted by Crippen LogP contribution is -2.50. The summed E-state index contributed by atoms with van der Waals surface area (Å²) in [7, 11) is -3.47. The first kappa shape index (κ1) is 13.9. The Kier molecular flexibility index (Phi) is 3.48. The van der Waals surface area contributed by atoms with Crippen molar-refractivity contribution in [1.82, 2.24) is 4.31 Å². The van der Waals surface area contributed by atoms with Gasteiger partial charge in [-0.25, -0.2) is 8.42 Å². The Bertz CT molecular complexity index is 614. The van der Waals surface area contributed by atoms with Gasteiger partial charge in [-0.2, -0.15) is 4.31 Å². The molecule has 110 valence electrons. The second-order valence-corrected chi connectivity index (χ2v) is 7.33. The molecule has 3 rings (SSSR count). The lowest BCUT2D eigenvalue weighted by Gasteiger charge is -2.35. The van der Waals surface area contributed by atoms with Crippen LogP contribution in [0.15, 0.2) is 23.1 Å². The van der Waals surface area contributed by atoms with Gasteiger partial charge in [0.05, 0.1) is 24.2 Å². The maximum atomic E-state index is 12.8. The van der Waals surface area contributed by atoms with E-state index in [1.165, 1.54) is 0 Å². The molecule has 0 aliphatic carbocycles. The molecule has 2 atom stereocenters. The summed E-state index contributed by atoms with van der Waals surface area (Å²) in [4.78, 5) is 0.350. The zero-order valence-corrected chi connectivity index (χ0v) is 12.5. The summed E-state index contributed by atoms with van der Waals surface area (Å²) in [5.41, 5.74) is 0.972. The monoisotopic (exact) mass is 297 g/mol. The zero-order chi connectivity index (χ0) is 14.3. The molecule has 1 saturated heterocycles. The van der Waals surface area contributed by atoms with Gasteiger partial charge < -0.3 is 9.47 Å². The molecule has 1 fully saturated rings. The standard InChI is InChI=1S/C14H19NO4S/c1-10-9-19-11(2)8-15(10)20(16,17)13-3-4-14-12(7-13)5-6-18-14/h3-4,7,10-11H,5-6,8-9H2,1-2H3/t10-,11-/m1/s1. The Labute approximate surface area is 119 Å². The molecule has 0 bridgehead atoms. The van der Waals surface area contributed by atoms with E-state index in [2.05, 4.69) is 0 Å². The average molecular weight is 297 g/mol. The van der Waals surface area contributed by atoms with E-state index >= 15 is 0 Å². The van der Waals surface area contributed by atoms with E-state index in [9.17, 15) is 8.42 Å². The number of nitrogens with zero attached hydrogens (tertiary/aromatic N) is 1. The third-order valence-electron chi connectivity index (χ3n) is 3.82. The van der Waals surface area contributed by atoms with Crippen LogP contribution in [0.1, 0.15) is 19.4 Å². The fraction of sp³-hybridized carbons (Fsp3) is 0.571. The van der Waals surface area contributed by atoms with Crippen molar-refractivity contribution in [2.45, 2.75) is 37.3 Å². The van der Waals surface area contributed by atoms with E-state index in [0.717, 1.165) is 17.7 Å². The number of fused-ring (bicyclic) bond motifs is 1. The summed E-state index contributed by atoms with van der Waals surface area (Å²) in [5, 5.41) is 0. The fourth-order valence-electron chi connectivity index (χ4n) is 2.67. The van der Waals surface area contributed by atoms with Crippen molar-refractivity contribution >= 4 is 10.0 Å². The van der Waals surface area contributed by atoms with E-state index in [-0.39, 0.29) is 12.1 Å². The Balaban J connectivity index is 1.95. The number of ether oxygens (including phenoxy) is 2. The molecule has 0 unspecified atom stereocenters. The Morgan fingerprint density at radius 1 is 1.30 bits per heavy atom. The maximum absolute atomic E-state index is 12.8. The van der Waals surface area contributed by atoms with Crippen LogP contribution in [0.25, 0.3) is 0 Å². The van der Waals surface area contributed by atoms with E-state index in [0.29, 0.717) is 24.7 Å². The molecule has 0 amide bonds. The summed E-state index contributed by atoms with van der Waals surface area (Å²) >= 11 is 0. The van der Waals surface area contributed by atoms with E-state index in [1.807, 2.05) is 13.8 Å². The minimum Gasteiger partial charge on any atom is -0.493 e. The van der Waals surface area contributed by atoms with Gasteiger partial charge in [-0.15, -0.1) is 0 Å². The summed E-state index contributed by atoms with van der Waals surface area (Å²) in [6, 6.07) is 4.99. The number of benzene rings is 1. The van der Waals surface area contributed by atoms with Crippen LogP contribution >= 0.6 is 0 Å². The first-order valence-corrected chi connectivity index (χ1v) is 8.31. The summed E-state index contributed by atoms with van der Waals surface area (Å²) in [5.74, 6) is 0.798. The zero-order valence-electron chi connectivity index (χ0n) is 11.7. The van der Waals surface area contributed by atoms with Crippen molar-refractivity contribution < 1.29 is 17.9 Å². The SMILES string of the molecule is C[C@@H]1CN(S(=O)(=O)c2ccc3c(c2)CCO3)[C@H](C)CO1. The van der Waals surface area contributed by atoms with Crippen molar-refractivity contribution in [3.8, 4) is 5.75 Å². The Morgan fingerprint density at radius 3 is 2.90 bits per heavy atom. The Morgan fingerprint density at radius 2 is 2.10 bits per heavy atom. The van der Waals surface area contributed by atoms with Crippen molar-refractivity contribution in [2.24, 2.45) is 0 Å². The van der Waals surface area contributed by atoms with Crippen LogP contribution in [0, 0.1) is 0 Å². The first-order chi connectivity index (χ1) is 9.48. The van der Waals surface area contributed by atoms with Gasteiger partial charge in [0.25, 0.3) is 0 Å². The maximum Gasteiger partial charge on any atom is 0.243 e. The molecule has 0 aromatic heterocycles. The molecule has 0 saturated carbocycles. The molecule has 2 heterocycles. The number of rotatable bonds is 2. The molecule has 0 N–H and O–H groups in total. The predicted molar refractivity (Wildman–Crippen MR) is 74.4 cm³/mol. The number of hydrogen-bond acceptors (Lipinski definition) is 4. The third kappa shape index (κ3) is 2.32. The molecule has 5 nitrogen and oxygen atoms in total. The molecule has 1 aromatic carbocycles. The van der Waals surface area contributed by atoms with E-state index in [1.54, 1.807) is 22.5 Å². The van der Waals surface area contributed by atoms with Crippen LogP contribution in [0.3, 0.4) is 0 Å². The smallest absolute Gasteiger partial charge is 0.243 e. The predicted octanol–water partition coefficient (Wildman–Crippen LogP) is 1.42. The van der Waals surface area contributed by atoms with Gasteiger partial charge in [0.2, 0.25) is 10.0 Å². The largest absolute Gasteiger partial charge is 0.493 e. The molecule has 2 aliphatic rings. The van der Waals surface area contributed by atoms with E-state index in [4.69, 9.17) is 9.47 Å². The van der Waals surface area contributed by atoms with Gasteiger partial charge >= 0.3 is 0 Å². The molecular weight excluding hydrogens is 278 g/mol. The average Bonchev–Trinajstić information content (AvgIpc) is 2.88. The van der Waals surface area contributed by atoms with Gasteiger partial charge in [-0.1, -0.05) is 0 Å². The molecule has 0 spiro atoms. The normalized spacial score (nSPS) is 27.1. The van der Waals surface area contributed by atoms with Crippen LogP contribution < -0.4 is 4.74 Å². The molecule has 2 aliphatic heterocycles. The lowest BCUT2D eigenvalue weighted by atomic mass is 10.2. The van der Waals surface area contributed by atoms with Crippen molar-refractivity contribution in [2.75, 3.05) is 19.8 Å². The van der Waals surface area contributed by atoms with Crippen molar-refractivity contribution in [1.29, 1.82) is 0 Å². The lowest BCUT2D eigenvalue weighted by molar-refractivity contribution is -0.0170. The minimum atomic E-state index is -3.47. The quantitative estimate of drug-likeness (QED) is 0.828. The van der Waals surface area contributed by atoms with Gasteiger partial charge in [-0.05, 0) is 37.6 Å². The summed E-state index contributed by atoms with van der Waals surface area (Å²) in [6.45, 7) is 5.24. The number of sulfonamides is 1. The highest BCUT2D eigenvalue weighted by molar-refractivity contribution is 7.89. The Hall–Kier alpha value is -1.11. The first-order valence-electron chi connectivity index (χ1n) is 6.87. The molecule has 1 aromatic rings. The van der Waals surface area contributed by atoms with Crippen LogP contribution in [-0.2, 0) is 21.2 Å². The van der Waals surface area contributed by atoms with E-state index < -0.39 is 10.0 Å². The minimum absolute atomic E-state index is 0.0706. The van der Waals surface area contributed by atoms with Crippen LogP contribution in [-0.4, -0.2) is 44.6 Å². The number of morpholine rings is 1. The van der Waals surface area contributed by atoms with Gasteiger partial charge in [0.1, 0.15) is 5.75 Å². The van der Waals surface area contributed by atoms with Gasteiger partial charge in [0.15, 0.2) is 0 Å². The summed E-state index contributed by atoms with van der Waals surface area (Å²) in [6.07, 6.45) is 0.701. The highest BCUT2D eigenvalue weighted by Gasteiger charge is 2.34. The number of hydrogen-bond donors (Lipinski definition) is 0. The van der Waals surface area contributed by atoms with Crippen molar-refractivity contribution in [3.05, 3.63) is 23.8 Å². The second kappa shape index (κ2) is 5.02. The van der Waals surface area contributed by atoms with Crippen LogP contribution in [0.4, 0.5) is 0 Å². The fourth-order valence-corrected chi connectivity index (χ4v) is 4.41. The van der Waals surface area contributed by atoms with Crippen LogP contribution in [0.5, 0.6) is 5.75 Å². The van der Waals surface area contributed by atoms with Gasteiger partial charge in [-0.3, -0.25) is 0 Å². The van der Waals surface area contributed by atoms with Gasteiger partial charge in [0, 0.05) is 19.0 Å². The highest BCUT2D eigenvalue weighted by atomic mass is 32.2. The second-order valence-electron chi connectivity index (χ2n) is 5.44. The highest BCUT2D eigenvalue weighted by Crippen LogP contribution is 2.30. The summed E-state index contributed by atoms with van der Waals surface area (Å²) < 4.78 is 38.0. The molecule has 20 heavy (non-hydrogen) atoms.